The Balaban J connectivity index is 1.53. The molecule has 0 bridgehead atoms. The Morgan fingerprint density at radius 2 is 1.78 bits per heavy atom. The number of anilines is 1. The number of nitrogens with zero attached hydrogens (tertiary/aromatic N) is 1. The Kier molecular flexibility index (Phi) is 8.22. The molecule has 0 spiro atoms. The van der Waals surface area contributed by atoms with E-state index < -0.39 is 0 Å². The molecule has 0 atom stereocenters. The van der Waals surface area contributed by atoms with Crippen molar-refractivity contribution in [2.45, 2.75) is 33.6 Å². The smallest absolute Gasteiger partial charge is 0.257 e. The summed E-state index contributed by atoms with van der Waals surface area (Å²) >= 11 is 5.28. The lowest BCUT2D eigenvalue weighted by Crippen LogP contribution is -2.37. The first kappa shape index (κ1) is 23.7. The third-order valence-electron chi connectivity index (χ3n) is 5.37. The lowest BCUT2D eigenvalue weighted by atomic mass is 9.98. The van der Waals surface area contributed by atoms with Crippen LogP contribution in [0.4, 0.5) is 5.69 Å². The molecule has 3 rings (SSSR count). The normalized spacial score (nSPS) is 14.2. The molecule has 0 unspecified atom stereocenters. The van der Waals surface area contributed by atoms with Crippen LogP contribution >= 0.6 is 12.2 Å². The van der Waals surface area contributed by atoms with E-state index in [1.54, 1.807) is 42.5 Å². The lowest BCUT2D eigenvalue weighted by molar-refractivity contribution is 0.0697. The van der Waals surface area contributed by atoms with Crippen LogP contribution < -0.4 is 15.4 Å². The average Bonchev–Trinajstić information content (AvgIpc) is 2.78. The first-order valence-electron chi connectivity index (χ1n) is 11.1. The molecule has 2 N–H and O–H groups in total. The molecular weight excluding hydrogens is 422 g/mol. The van der Waals surface area contributed by atoms with Gasteiger partial charge in [-0.2, -0.15) is 0 Å². The Hall–Kier alpha value is -2.93. The fourth-order valence-electron chi connectivity index (χ4n) is 3.42. The highest BCUT2D eigenvalue weighted by Gasteiger charge is 2.21. The van der Waals surface area contributed by atoms with E-state index in [4.69, 9.17) is 17.0 Å². The number of nitrogens with one attached hydrogen (secondary N) is 2. The summed E-state index contributed by atoms with van der Waals surface area (Å²) in [5, 5.41) is 5.86. The van der Waals surface area contributed by atoms with Crippen molar-refractivity contribution in [2.75, 3.05) is 25.0 Å². The average molecular weight is 454 g/mol. The van der Waals surface area contributed by atoms with Crippen molar-refractivity contribution in [1.82, 2.24) is 10.2 Å². The first-order chi connectivity index (χ1) is 15.3. The number of thiocarbonyl (C=S) groups is 1. The Bertz CT molecular complexity index is 951. The second kappa shape index (κ2) is 11.1. The fraction of sp³-hybridized carbons (Fsp3) is 0.400. The zero-order valence-electron chi connectivity index (χ0n) is 18.9. The Morgan fingerprint density at radius 1 is 1.09 bits per heavy atom. The summed E-state index contributed by atoms with van der Waals surface area (Å²) in [6.45, 7) is 8.55. The number of rotatable bonds is 6. The molecule has 170 valence electrons. The van der Waals surface area contributed by atoms with Gasteiger partial charge in [-0.15, -0.1) is 0 Å². The van der Waals surface area contributed by atoms with Crippen LogP contribution in [0.3, 0.4) is 0 Å². The third-order valence-corrected chi connectivity index (χ3v) is 5.57. The van der Waals surface area contributed by atoms with Crippen molar-refractivity contribution in [3.05, 3.63) is 59.7 Å². The molecule has 2 amide bonds. The number of piperidine rings is 1. The summed E-state index contributed by atoms with van der Waals surface area (Å²) in [4.78, 5) is 27.1. The van der Waals surface area contributed by atoms with Gasteiger partial charge in [0.15, 0.2) is 5.11 Å². The van der Waals surface area contributed by atoms with Gasteiger partial charge in [-0.1, -0.05) is 26.8 Å². The minimum Gasteiger partial charge on any atom is -0.493 e. The molecule has 0 aliphatic carbocycles. The molecule has 1 aliphatic heterocycles. The summed E-state index contributed by atoms with van der Waals surface area (Å²) < 4.78 is 5.68. The quantitative estimate of drug-likeness (QED) is 0.620. The summed E-state index contributed by atoms with van der Waals surface area (Å²) in [7, 11) is 0. The van der Waals surface area contributed by atoms with E-state index in [0.29, 0.717) is 41.0 Å². The SMILES string of the molecule is CC(C)COc1cccc(C(=O)NC(=S)Nc2ccc(C(=O)N3CCC(C)CC3)cc2)c1. The molecule has 2 aromatic rings. The standard InChI is InChI=1S/C25H31N3O3S/c1-17(2)16-31-22-6-4-5-20(15-22)23(29)27-25(32)26-21-9-7-19(8-10-21)24(30)28-13-11-18(3)12-14-28/h4-10,15,17-18H,11-14,16H2,1-3H3,(H2,26,27,29,32). The molecule has 2 aromatic carbocycles. The number of carbonyl (C=O) groups excluding carboxylic acids is 2. The van der Waals surface area contributed by atoms with Gasteiger partial charge in [0.05, 0.1) is 6.61 Å². The van der Waals surface area contributed by atoms with Crippen molar-refractivity contribution in [3.8, 4) is 5.75 Å². The largest absolute Gasteiger partial charge is 0.493 e. The van der Waals surface area contributed by atoms with Crippen molar-refractivity contribution in [3.63, 3.8) is 0 Å². The van der Waals surface area contributed by atoms with E-state index in [0.717, 1.165) is 25.9 Å². The molecule has 1 fully saturated rings. The highest BCUT2D eigenvalue weighted by atomic mass is 32.1. The van der Waals surface area contributed by atoms with E-state index in [1.165, 1.54) is 0 Å². The Labute approximate surface area is 195 Å². The molecule has 0 aromatic heterocycles. The van der Waals surface area contributed by atoms with Gasteiger partial charge in [0, 0.05) is 29.9 Å². The summed E-state index contributed by atoms with van der Waals surface area (Å²) in [6, 6.07) is 14.1. The third kappa shape index (κ3) is 6.79. The van der Waals surface area contributed by atoms with E-state index in [2.05, 4.69) is 31.4 Å². The predicted molar refractivity (Wildman–Crippen MR) is 131 cm³/mol. The summed E-state index contributed by atoms with van der Waals surface area (Å²) in [6.07, 6.45) is 2.10. The van der Waals surface area contributed by atoms with Crippen LogP contribution in [0.1, 0.15) is 54.3 Å². The maximum absolute atomic E-state index is 12.7. The van der Waals surface area contributed by atoms with Gasteiger partial charge in [-0.3, -0.25) is 14.9 Å². The number of amides is 2. The minimum atomic E-state index is -0.316. The topological polar surface area (TPSA) is 70.7 Å². The van der Waals surface area contributed by atoms with Crippen molar-refractivity contribution in [2.24, 2.45) is 11.8 Å². The number of ether oxygens (including phenoxy) is 1. The number of likely N-dealkylation sites (tertiary alicyclic amines) is 1. The first-order valence-corrected chi connectivity index (χ1v) is 11.5. The van der Waals surface area contributed by atoms with Gasteiger partial charge in [-0.05, 0) is 79.4 Å². The van der Waals surface area contributed by atoms with Crippen molar-refractivity contribution in [1.29, 1.82) is 0 Å². The van der Waals surface area contributed by atoms with Gasteiger partial charge in [0.2, 0.25) is 0 Å². The lowest BCUT2D eigenvalue weighted by Gasteiger charge is -2.30. The second-order valence-corrected chi connectivity index (χ2v) is 9.10. The molecule has 1 heterocycles. The molecule has 0 radical (unpaired) electrons. The predicted octanol–water partition coefficient (Wildman–Crippen LogP) is 4.72. The number of hydrogen-bond donors (Lipinski definition) is 2. The molecule has 0 saturated carbocycles. The molecule has 32 heavy (non-hydrogen) atoms. The van der Waals surface area contributed by atoms with Gasteiger partial charge in [-0.25, -0.2) is 0 Å². The monoisotopic (exact) mass is 453 g/mol. The van der Waals surface area contributed by atoms with Crippen LogP contribution in [0, 0.1) is 11.8 Å². The van der Waals surface area contributed by atoms with E-state index in [1.807, 2.05) is 11.0 Å². The van der Waals surface area contributed by atoms with Crippen molar-refractivity contribution >= 4 is 34.8 Å². The molecular formula is C25H31N3O3S. The van der Waals surface area contributed by atoms with Crippen LogP contribution in [0.2, 0.25) is 0 Å². The molecule has 1 saturated heterocycles. The van der Waals surface area contributed by atoms with Crippen LogP contribution in [-0.2, 0) is 0 Å². The van der Waals surface area contributed by atoms with E-state index in [-0.39, 0.29) is 16.9 Å². The summed E-state index contributed by atoms with van der Waals surface area (Å²) in [5.74, 6) is 1.46. The van der Waals surface area contributed by atoms with Crippen LogP contribution in [0.25, 0.3) is 0 Å². The highest BCUT2D eigenvalue weighted by molar-refractivity contribution is 7.80. The zero-order valence-corrected chi connectivity index (χ0v) is 19.7. The minimum absolute atomic E-state index is 0.0545. The fourth-order valence-corrected chi connectivity index (χ4v) is 3.63. The number of hydrogen-bond acceptors (Lipinski definition) is 4. The van der Waals surface area contributed by atoms with Crippen molar-refractivity contribution < 1.29 is 14.3 Å². The van der Waals surface area contributed by atoms with Gasteiger partial charge in [0.1, 0.15) is 5.75 Å². The van der Waals surface area contributed by atoms with E-state index >= 15 is 0 Å². The van der Waals surface area contributed by atoms with Crippen LogP contribution in [0.15, 0.2) is 48.5 Å². The van der Waals surface area contributed by atoms with E-state index in [9.17, 15) is 9.59 Å². The van der Waals surface area contributed by atoms with Gasteiger partial charge < -0.3 is 15.0 Å². The highest BCUT2D eigenvalue weighted by Crippen LogP contribution is 2.19. The number of carbonyl (C=O) groups is 2. The Morgan fingerprint density at radius 3 is 2.44 bits per heavy atom. The molecule has 1 aliphatic rings. The van der Waals surface area contributed by atoms with Gasteiger partial charge in [0.25, 0.3) is 11.8 Å². The van der Waals surface area contributed by atoms with Crippen LogP contribution in [0.5, 0.6) is 5.75 Å². The second-order valence-electron chi connectivity index (χ2n) is 8.69. The maximum atomic E-state index is 12.7. The van der Waals surface area contributed by atoms with Crippen LogP contribution in [-0.4, -0.2) is 41.5 Å². The molecule has 6 nitrogen and oxygen atoms in total. The van der Waals surface area contributed by atoms with Gasteiger partial charge >= 0.3 is 0 Å². The molecule has 7 heteroatoms. The summed E-state index contributed by atoms with van der Waals surface area (Å²) in [5.41, 5.74) is 1.82. The number of benzene rings is 2. The zero-order chi connectivity index (χ0) is 23.1. The maximum Gasteiger partial charge on any atom is 0.257 e.